The Morgan fingerprint density at radius 3 is 2.67 bits per heavy atom. The van der Waals surface area contributed by atoms with E-state index < -0.39 is 0 Å². The second kappa shape index (κ2) is 4.42. The van der Waals surface area contributed by atoms with Gasteiger partial charge in [0.15, 0.2) is 0 Å². The number of benzene rings is 2. The Kier molecular flexibility index (Phi) is 2.76. The van der Waals surface area contributed by atoms with Crippen LogP contribution in [0.1, 0.15) is 22.7 Å². The molecule has 2 aromatic rings. The standard InChI is InChI=1S/C15H14FNO/c1-18-14-8-4-6-10-12(14)9-17-15(10)11-5-2-3-7-13(11)16/h2-8,15,17H,9H2,1H3. The highest BCUT2D eigenvalue weighted by Crippen LogP contribution is 2.36. The van der Waals surface area contributed by atoms with Gasteiger partial charge in [-0.3, -0.25) is 0 Å². The van der Waals surface area contributed by atoms with Gasteiger partial charge in [0.2, 0.25) is 0 Å². The molecule has 1 heterocycles. The van der Waals surface area contributed by atoms with Crippen molar-refractivity contribution < 1.29 is 9.13 Å². The normalized spacial score (nSPS) is 17.6. The molecule has 0 aliphatic carbocycles. The average Bonchev–Trinajstić information content (AvgIpc) is 2.83. The van der Waals surface area contributed by atoms with Crippen LogP contribution in [0.2, 0.25) is 0 Å². The molecule has 0 saturated carbocycles. The van der Waals surface area contributed by atoms with Crippen LogP contribution >= 0.6 is 0 Å². The first kappa shape index (κ1) is 11.2. The highest BCUT2D eigenvalue weighted by Gasteiger charge is 2.27. The predicted molar refractivity (Wildman–Crippen MR) is 68.1 cm³/mol. The van der Waals surface area contributed by atoms with E-state index in [0.29, 0.717) is 12.1 Å². The summed E-state index contributed by atoms with van der Waals surface area (Å²) in [4.78, 5) is 0. The lowest BCUT2D eigenvalue weighted by atomic mass is 9.98. The predicted octanol–water partition coefficient (Wildman–Crippen LogP) is 3.03. The van der Waals surface area contributed by atoms with Gasteiger partial charge in [-0.05, 0) is 17.7 Å². The van der Waals surface area contributed by atoms with E-state index in [1.54, 1.807) is 13.2 Å². The van der Waals surface area contributed by atoms with Crippen molar-refractivity contribution in [3.63, 3.8) is 0 Å². The number of nitrogens with one attached hydrogen (secondary N) is 1. The maximum atomic E-state index is 13.8. The van der Waals surface area contributed by atoms with Crippen molar-refractivity contribution >= 4 is 0 Å². The summed E-state index contributed by atoms with van der Waals surface area (Å²) in [6.07, 6.45) is 0. The topological polar surface area (TPSA) is 21.3 Å². The fourth-order valence-corrected chi connectivity index (χ4v) is 2.53. The third kappa shape index (κ3) is 1.68. The van der Waals surface area contributed by atoms with Gasteiger partial charge in [-0.25, -0.2) is 4.39 Å². The van der Waals surface area contributed by atoms with Crippen LogP contribution in [-0.4, -0.2) is 7.11 Å². The Balaban J connectivity index is 2.08. The molecule has 1 unspecified atom stereocenters. The molecule has 3 heteroatoms. The van der Waals surface area contributed by atoms with Gasteiger partial charge in [-0.1, -0.05) is 30.3 Å². The molecule has 1 aliphatic heterocycles. The summed E-state index contributed by atoms with van der Waals surface area (Å²) in [6, 6.07) is 12.7. The van der Waals surface area contributed by atoms with Gasteiger partial charge in [-0.2, -0.15) is 0 Å². The fourth-order valence-electron chi connectivity index (χ4n) is 2.53. The molecule has 0 bridgehead atoms. The lowest BCUT2D eigenvalue weighted by Crippen LogP contribution is -2.14. The highest BCUT2D eigenvalue weighted by atomic mass is 19.1. The van der Waals surface area contributed by atoms with Gasteiger partial charge in [0.05, 0.1) is 13.2 Å². The van der Waals surface area contributed by atoms with E-state index in [2.05, 4.69) is 5.32 Å². The summed E-state index contributed by atoms with van der Waals surface area (Å²) in [5, 5.41) is 3.33. The molecule has 0 spiro atoms. The Labute approximate surface area is 105 Å². The monoisotopic (exact) mass is 243 g/mol. The lowest BCUT2D eigenvalue weighted by molar-refractivity contribution is 0.410. The molecule has 0 radical (unpaired) electrons. The summed E-state index contributed by atoms with van der Waals surface area (Å²) in [5.74, 6) is 0.685. The van der Waals surface area contributed by atoms with E-state index in [-0.39, 0.29) is 11.9 Å². The van der Waals surface area contributed by atoms with E-state index in [1.165, 1.54) is 6.07 Å². The zero-order valence-electron chi connectivity index (χ0n) is 10.1. The lowest BCUT2D eigenvalue weighted by Gasteiger charge is -2.13. The van der Waals surface area contributed by atoms with Gasteiger partial charge in [0.1, 0.15) is 11.6 Å². The van der Waals surface area contributed by atoms with Crippen molar-refractivity contribution in [3.8, 4) is 5.75 Å². The first-order valence-electron chi connectivity index (χ1n) is 5.95. The molecule has 0 fully saturated rings. The summed E-state index contributed by atoms with van der Waals surface area (Å²) >= 11 is 0. The van der Waals surface area contributed by atoms with E-state index in [4.69, 9.17) is 4.74 Å². The Bertz CT molecular complexity index is 582. The van der Waals surface area contributed by atoms with Crippen molar-refractivity contribution in [2.24, 2.45) is 0 Å². The third-order valence-corrected chi connectivity index (χ3v) is 3.40. The van der Waals surface area contributed by atoms with Crippen LogP contribution in [0.25, 0.3) is 0 Å². The number of methoxy groups -OCH3 is 1. The van der Waals surface area contributed by atoms with Crippen LogP contribution in [0.3, 0.4) is 0 Å². The molecule has 2 nitrogen and oxygen atoms in total. The molecular weight excluding hydrogens is 229 g/mol. The second-order valence-corrected chi connectivity index (χ2v) is 4.36. The molecule has 18 heavy (non-hydrogen) atoms. The summed E-state index contributed by atoms with van der Waals surface area (Å²) < 4.78 is 19.2. The zero-order valence-corrected chi connectivity index (χ0v) is 10.1. The fraction of sp³-hybridized carbons (Fsp3) is 0.200. The molecule has 92 valence electrons. The van der Waals surface area contributed by atoms with Crippen LogP contribution < -0.4 is 10.1 Å². The second-order valence-electron chi connectivity index (χ2n) is 4.36. The van der Waals surface area contributed by atoms with Gasteiger partial charge < -0.3 is 10.1 Å². The molecule has 1 atom stereocenters. The zero-order chi connectivity index (χ0) is 12.5. The van der Waals surface area contributed by atoms with E-state index >= 15 is 0 Å². The van der Waals surface area contributed by atoms with Gasteiger partial charge in [0.25, 0.3) is 0 Å². The Hall–Kier alpha value is -1.87. The molecule has 3 rings (SSSR count). The molecule has 1 aliphatic rings. The van der Waals surface area contributed by atoms with Gasteiger partial charge in [-0.15, -0.1) is 0 Å². The molecule has 1 N–H and O–H groups in total. The minimum atomic E-state index is -0.175. The first-order valence-corrected chi connectivity index (χ1v) is 5.95. The van der Waals surface area contributed by atoms with Crippen LogP contribution in [-0.2, 0) is 6.54 Å². The van der Waals surface area contributed by atoms with E-state index in [0.717, 1.165) is 16.9 Å². The maximum absolute atomic E-state index is 13.8. The molecule has 0 amide bonds. The highest BCUT2D eigenvalue weighted by molar-refractivity contribution is 5.48. The quantitative estimate of drug-likeness (QED) is 0.875. The Morgan fingerprint density at radius 2 is 1.89 bits per heavy atom. The first-order chi connectivity index (χ1) is 8.81. The molecule has 0 saturated heterocycles. The van der Waals surface area contributed by atoms with Gasteiger partial charge in [0, 0.05) is 17.7 Å². The van der Waals surface area contributed by atoms with Crippen LogP contribution in [0, 0.1) is 5.82 Å². The summed E-state index contributed by atoms with van der Waals surface area (Å²) in [5.41, 5.74) is 2.90. The number of hydrogen-bond acceptors (Lipinski definition) is 2. The minimum Gasteiger partial charge on any atom is -0.496 e. The number of halogens is 1. The Morgan fingerprint density at radius 1 is 1.11 bits per heavy atom. The number of rotatable bonds is 2. The average molecular weight is 243 g/mol. The van der Waals surface area contributed by atoms with Crippen molar-refractivity contribution in [2.45, 2.75) is 12.6 Å². The van der Waals surface area contributed by atoms with Crippen molar-refractivity contribution in [1.82, 2.24) is 5.32 Å². The maximum Gasteiger partial charge on any atom is 0.128 e. The summed E-state index contributed by atoms with van der Waals surface area (Å²) in [6.45, 7) is 0.707. The largest absolute Gasteiger partial charge is 0.496 e. The molecule has 0 aromatic heterocycles. The minimum absolute atomic E-state index is 0.0868. The smallest absolute Gasteiger partial charge is 0.128 e. The SMILES string of the molecule is COc1cccc2c1CNC2c1ccccc1F. The van der Waals surface area contributed by atoms with Crippen molar-refractivity contribution in [2.75, 3.05) is 7.11 Å². The molecule has 2 aromatic carbocycles. The number of ether oxygens (including phenoxy) is 1. The molecular formula is C15H14FNO. The van der Waals surface area contributed by atoms with Gasteiger partial charge >= 0.3 is 0 Å². The number of hydrogen-bond donors (Lipinski definition) is 1. The van der Waals surface area contributed by atoms with Crippen molar-refractivity contribution in [3.05, 3.63) is 65.0 Å². The van der Waals surface area contributed by atoms with Crippen molar-refractivity contribution in [1.29, 1.82) is 0 Å². The van der Waals surface area contributed by atoms with Crippen LogP contribution in [0.5, 0.6) is 5.75 Å². The van der Waals surface area contributed by atoms with E-state index in [9.17, 15) is 4.39 Å². The third-order valence-electron chi connectivity index (χ3n) is 3.40. The van der Waals surface area contributed by atoms with E-state index in [1.807, 2.05) is 30.3 Å². The summed E-state index contributed by atoms with van der Waals surface area (Å²) in [7, 11) is 1.66. The van der Waals surface area contributed by atoms with Crippen LogP contribution in [0.4, 0.5) is 4.39 Å². The number of fused-ring (bicyclic) bond motifs is 1. The van der Waals surface area contributed by atoms with Crippen LogP contribution in [0.15, 0.2) is 42.5 Å².